The Morgan fingerprint density at radius 2 is 1.69 bits per heavy atom. The van der Waals surface area contributed by atoms with Gasteiger partial charge in [-0.2, -0.15) is 5.10 Å². The van der Waals surface area contributed by atoms with Crippen LogP contribution in [0.1, 0.15) is 28.7 Å². The summed E-state index contributed by atoms with van der Waals surface area (Å²) in [5, 5.41) is 4.42. The van der Waals surface area contributed by atoms with Gasteiger partial charge in [-0.05, 0) is 45.0 Å². The molecule has 1 aromatic carbocycles. The van der Waals surface area contributed by atoms with Crippen molar-refractivity contribution in [2.45, 2.75) is 20.8 Å². The Morgan fingerprint density at radius 3 is 2.27 bits per heavy atom. The molecule has 1 fully saturated rings. The molecule has 0 spiro atoms. The number of ether oxygens (including phenoxy) is 1. The molecule has 1 aliphatic heterocycles. The second kappa shape index (κ2) is 7.33. The average Bonchev–Trinajstić information content (AvgIpc) is 2.90. The summed E-state index contributed by atoms with van der Waals surface area (Å²) < 4.78 is 6.74. The maximum atomic E-state index is 12.1. The number of anilines is 1. The summed E-state index contributed by atoms with van der Waals surface area (Å²) in [4.78, 5) is 37.3. The molecule has 3 rings (SSSR count). The van der Waals surface area contributed by atoms with Gasteiger partial charge >= 0.3 is 5.97 Å². The smallest absolute Gasteiger partial charge is 0.341 e. The molecule has 1 aliphatic rings. The third-order valence-electron chi connectivity index (χ3n) is 4.07. The third-order valence-corrected chi connectivity index (χ3v) is 4.98. The number of benzene rings is 1. The first-order chi connectivity index (χ1) is 12.4. The van der Waals surface area contributed by atoms with Crippen LogP contribution in [0.5, 0.6) is 0 Å². The van der Waals surface area contributed by atoms with Gasteiger partial charge in [-0.15, -0.1) is 11.8 Å². The number of carbonyl (C=O) groups is 3. The maximum absolute atomic E-state index is 12.1. The van der Waals surface area contributed by atoms with E-state index in [4.69, 9.17) is 4.74 Å². The standard InChI is InChI=1S/C18H19N3O4S/c1-4-25-18(24)17-11(2)19-21(12(17)3)14-7-5-13(6-8-14)20-15(22)9-26-10-16(20)23/h5-8H,4,9-10H2,1-3H3. The highest BCUT2D eigenvalue weighted by Crippen LogP contribution is 2.24. The van der Waals surface area contributed by atoms with Gasteiger partial charge in [0, 0.05) is 0 Å². The zero-order chi connectivity index (χ0) is 18.8. The fourth-order valence-corrected chi connectivity index (χ4v) is 3.63. The van der Waals surface area contributed by atoms with Gasteiger partial charge in [0.2, 0.25) is 11.8 Å². The van der Waals surface area contributed by atoms with Crippen molar-refractivity contribution in [3.05, 3.63) is 41.2 Å². The van der Waals surface area contributed by atoms with Crippen molar-refractivity contribution in [1.29, 1.82) is 0 Å². The van der Waals surface area contributed by atoms with Crippen molar-refractivity contribution >= 4 is 35.2 Å². The number of esters is 1. The van der Waals surface area contributed by atoms with E-state index in [9.17, 15) is 14.4 Å². The second-order valence-electron chi connectivity index (χ2n) is 5.81. The van der Waals surface area contributed by atoms with Crippen molar-refractivity contribution in [3.8, 4) is 5.69 Å². The lowest BCUT2D eigenvalue weighted by Gasteiger charge is -2.24. The van der Waals surface area contributed by atoms with Gasteiger partial charge in [0.05, 0.1) is 40.9 Å². The van der Waals surface area contributed by atoms with Gasteiger partial charge in [-0.1, -0.05) is 0 Å². The first-order valence-corrected chi connectivity index (χ1v) is 9.36. The zero-order valence-corrected chi connectivity index (χ0v) is 15.6. The van der Waals surface area contributed by atoms with Crippen molar-refractivity contribution < 1.29 is 19.1 Å². The minimum atomic E-state index is -0.396. The van der Waals surface area contributed by atoms with E-state index < -0.39 is 5.97 Å². The number of aryl methyl sites for hydroxylation is 1. The predicted octanol–water partition coefficient (Wildman–Crippen LogP) is 2.27. The van der Waals surface area contributed by atoms with Crippen LogP contribution in [0.3, 0.4) is 0 Å². The summed E-state index contributed by atoms with van der Waals surface area (Å²) in [5.74, 6) is -0.223. The van der Waals surface area contributed by atoms with Crippen molar-refractivity contribution in [3.63, 3.8) is 0 Å². The monoisotopic (exact) mass is 373 g/mol. The largest absolute Gasteiger partial charge is 0.462 e. The van der Waals surface area contributed by atoms with Gasteiger partial charge in [-0.3, -0.25) is 9.59 Å². The minimum absolute atomic E-state index is 0.213. The molecule has 136 valence electrons. The number of rotatable bonds is 4. The summed E-state index contributed by atoms with van der Waals surface area (Å²) in [7, 11) is 0. The molecule has 0 N–H and O–H groups in total. The van der Waals surface area contributed by atoms with E-state index in [0.717, 1.165) is 5.69 Å². The van der Waals surface area contributed by atoms with Crippen molar-refractivity contribution in [2.24, 2.45) is 0 Å². The first-order valence-electron chi connectivity index (χ1n) is 8.21. The maximum Gasteiger partial charge on any atom is 0.341 e. The van der Waals surface area contributed by atoms with E-state index in [0.29, 0.717) is 40.8 Å². The van der Waals surface area contributed by atoms with Crippen LogP contribution >= 0.6 is 11.8 Å². The van der Waals surface area contributed by atoms with Crippen LogP contribution in [0, 0.1) is 13.8 Å². The van der Waals surface area contributed by atoms with Crippen LogP contribution < -0.4 is 4.90 Å². The van der Waals surface area contributed by atoms with Gasteiger partial charge in [0.25, 0.3) is 0 Å². The lowest BCUT2D eigenvalue weighted by atomic mass is 10.2. The Labute approximate surface area is 155 Å². The molecule has 7 nitrogen and oxygen atoms in total. The van der Waals surface area contributed by atoms with E-state index in [2.05, 4.69) is 5.10 Å². The summed E-state index contributed by atoms with van der Waals surface area (Å²) >= 11 is 1.32. The number of thioether (sulfide) groups is 1. The molecule has 0 bridgehead atoms. The van der Waals surface area contributed by atoms with Crippen LogP contribution in [0.15, 0.2) is 24.3 Å². The summed E-state index contributed by atoms with van der Waals surface area (Å²) in [5.41, 5.74) is 2.99. The van der Waals surface area contributed by atoms with E-state index in [1.807, 2.05) is 0 Å². The molecule has 0 radical (unpaired) electrons. The average molecular weight is 373 g/mol. The summed E-state index contributed by atoms with van der Waals surface area (Å²) in [6.45, 7) is 5.61. The Kier molecular flexibility index (Phi) is 5.13. The molecule has 2 aromatic rings. The van der Waals surface area contributed by atoms with Crippen LogP contribution in [0.2, 0.25) is 0 Å². The Morgan fingerprint density at radius 1 is 1.12 bits per heavy atom. The number of imide groups is 1. The minimum Gasteiger partial charge on any atom is -0.462 e. The van der Waals surface area contributed by atoms with Gasteiger partial charge in [0.15, 0.2) is 0 Å². The van der Waals surface area contributed by atoms with Crippen LogP contribution in [0.4, 0.5) is 5.69 Å². The zero-order valence-electron chi connectivity index (χ0n) is 14.8. The lowest BCUT2D eigenvalue weighted by Crippen LogP contribution is -2.43. The highest BCUT2D eigenvalue weighted by Gasteiger charge is 2.28. The highest BCUT2D eigenvalue weighted by atomic mass is 32.2. The van der Waals surface area contributed by atoms with E-state index >= 15 is 0 Å². The molecule has 8 heteroatoms. The quantitative estimate of drug-likeness (QED) is 0.604. The summed E-state index contributed by atoms with van der Waals surface area (Å²) in [6, 6.07) is 6.96. The van der Waals surface area contributed by atoms with Crippen LogP contribution in [-0.2, 0) is 14.3 Å². The van der Waals surface area contributed by atoms with Crippen molar-refractivity contribution in [1.82, 2.24) is 9.78 Å². The molecule has 26 heavy (non-hydrogen) atoms. The predicted molar refractivity (Wildman–Crippen MR) is 98.8 cm³/mol. The molecular formula is C18H19N3O4S. The SMILES string of the molecule is CCOC(=O)c1c(C)nn(-c2ccc(N3C(=O)CSCC3=O)cc2)c1C. The van der Waals surface area contributed by atoms with Crippen LogP contribution in [0.25, 0.3) is 5.69 Å². The Balaban J connectivity index is 1.92. The molecule has 2 heterocycles. The fourth-order valence-electron chi connectivity index (χ4n) is 2.92. The summed E-state index contributed by atoms with van der Waals surface area (Å²) in [6.07, 6.45) is 0. The van der Waals surface area contributed by atoms with E-state index in [-0.39, 0.29) is 11.8 Å². The number of carbonyl (C=O) groups excluding carboxylic acids is 3. The number of aromatic nitrogens is 2. The number of hydrogen-bond donors (Lipinski definition) is 0. The molecule has 0 aliphatic carbocycles. The highest BCUT2D eigenvalue weighted by molar-refractivity contribution is 8.00. The molecule has 0 unspecified atom stereocenters. The topological polar surface area (TPSA) is 81.5 Å². The number of amides is 2. The third kappa shape index (κ3) is 3.24. The Bertz CT molecular complexity index is 857. The fraction of sp³-hybridized carbons (Fsp3) is 0.333. The van der Waals surface area contributed by atoms with E-state index in [1.165, 1.54) is 16.7 Å². The second-order valence-corrected chi connectivity index (χ2v) is 6.80. The van der Waals surface area contributed by atoms with Gasteiger partial charge < -0.3 is 4.74 Å². The molecule has 0 atom stereocenters. The lowest BCUT2D eigenvalue weighted by molar-refractivity contribution is -0.124. The number of hydrogen-bond acceptors (Lipinski definition) is 6. The molecule has 2 amide bonds. The normalized spacial score (nSPS) is 14.7. The molecular weight excluding hydrogens is 354 g/mol. The van der Waals surface area contributed by atoms with Gasteiger partial charge in [0.1, 0.15) is 5.56 Å². The van der Waals surface area contributed by atoms with Crippen LogP contribution in [-0.4, -0.2) is 45.7 Å². The molecule has 1 saturated heterocycles. The van der Waals surface area contributed by atoms with Gasteiger partial charge in [-0.25, -0.2) is 14.4 Å². The molecule has 1 aromatic heterocycles. The first kappa shape index (κ1) is 18.2. The Hall–Kier alpha value is -2.61. The molecule has 0 saturated carbocycles. The number of nitrogens with zero attached hydrogens (tertiary/aromatic N) is 3. The van der Waals surface area contributed by atoms with E-state index in [1.54, 1.807) is 49.7 Å². The van der Waals surface area contributed by atoms with Crippen molar-refractivity contribution in [2.75, 3.05) is 23.0 Å².